The fraction of sp³-hybridized carbons (Fsp3) is 0.375. The molecule has 0 radical (unpaired) electrons. The first-order valence-corrected chi connectivity index (χ1v) is 3.59. The summed E-state index contributed by atoms with van der Waals surface area (Å²) < 4.78 is 5.28. The number of aromatic nitrogens is 1. The van der Waals surface area contributed by atoms with E-state index in [1.165, 1.54) is 0 Å². The van der Waals surface area contributed by atoms with Gasteiger partial charge in [0.2, 0.25) is 0 Å². The van der Waals surface area contributed by atoms with Crippen molar-refractivity contribution < 1.29 is 9.84 Å². The summed E-state index contributed by atoms with van der Waals surface area (Å²) in [6, 6.07) is 1.89. The molecule has 3 nitrogen and oxygen atoms in total. The van der Waals surface area contributed by atoms with E-state index in [1.54, 1.807) is 12.4 Å². The second kappa shape index (κ2) is 2.51. The van der Waals surface area contributed by atoms with E-state index < -0.39 is 0 Å². The molecular weight excluding hydrogens is 142 g/mol. The fourth-order valence-corrected chi connectivity index (χ4v) is 1.28. The highest BCUT2D eigenvalue weighted by atomic mass is 16.5. The third-order valence-corrected chi connectivity index (χ3v) is 1.92. The minimum Gasteiger partial charge on any atom is -0.491 e. The summed E-state index contributed by atoms with van der Waals surface area (Å²) in [6.07, 6.45) is 3.40. The van der Waals surface area contributed by atoms with Gasteiger partial charge >= 0.3 is 0 Å². The minimum atomic E-state index is 0.146. The molecular formula is C8H9NO2. The molecule has 1 unspecified atom stereocenters. The molecule has 1 aliphatic rings. The number of aliphatic hydroxyl groups excluding tert-OH is 1. The van der Waals surface area contributed by atoms with Crippen LogP contribution in [0.25, 0.3) is 0 Å². The van der Waals surface area contributed by atoms with Gasteiger partial charge in [-0.25, -0.2) is 0 Å². The summed E-state index contributed by atoms with van der Waals surface area (Å²) in [5.74, 6) is 0.958. The highest BCUT2D eigenvalue weighted by molar-refractivity contribution is 5.36. The normalized spacial score (nSPS) is 21.0. The summed E-state index contributed by atoms with van der Waals surface area (Å²) in [7, 11) is 0. The van der Waals surface area contributed by atoms with Gasteiger partial charge in [-0.2, -0.15) is 0 Å². The van der Waals surface area contributed by atoms with Crippen LogP contribution in [0.1, 0.15) is 11.5 Å². The second-order valence-corrected chi connectivity index (χ2v) is 2.60. The van der Waals surface area contributed by atoms with E-state index >= 15 is 0 Å². The van der Waals surface area contributed by atoms with Crippen molar-refractivity contribution in [3.8, 4) is 5.75 Å². The van der Waals surface area contributed by atoms with Gasteiger partial charge in [0.1, 0.15) is 5.75 Å². The number of hydrogen-bond donors (Lipinski definition) is 1. The minimum absolute atomic E-state index is 0.146. The Labute approximate surface area is 64.6 Å². The maximum absolute atomic E-state index is 8.91. The summed E-state index contributed by atoms with van der Waals surface area (Å²) in [5, 5.41) is 8.91. The van der Waals surface area contributed by atoms with Crippen molar-refractivity contribution >= 4 is 0 Å². The summed E-state index contributed by atoms with van der Waals surface area (Å²) in [4.78, 5) is 3.92. The molecule has 0 amide bonds. The number of ether oxygens (including phenoxy) is 1. The second-order valence-electron chi connectivity index (χ2n) is 2.60. The average molecular weight is 151 g/mol. The average Bonchev–Trinajstić information content (AvgIpc) is 2.47. The van der Waals surface area contributed by atoms with Crippen LogP contribution in [-0.4, -0.2) is 23.3 Å². The molecule has 0 saturated carbocycles. The SMILES string of the molecule is OCC1COc2cnccc21. The Hall–Kier alpha value is -1.09. The predicted octanol–water partition coefficient (Wildman–Crippen LogP) is 0.550. The van der Waals surface area contributed by atoms with Gasteiger partial charge in [-0.3, -0.25) is 4.98 Å². The zero-order valence-corrected chi connectivity index (χ0v) is 6.03. The Balaban J connectivity index is 2.39. The Morgan fingerprint density at radius 1 is 1.73 bits per heavy atom. The van der Waals surface area contributed by atoms with Crippen LogP contribution in [0.15, 0.2) is 18.5 Å². The highest BCUT2D eigenvalue weighted by Gasteiger charge is 2.22. The van der Waals surface area contributed by atoms with E-state index in [1.807, 2.05) is 6.07 Å². The van der Waals surface area contributed by atoms with Crippen LogP contribution in [0.5, 0.6) is 5.75 Å². The van der Waals surface area contributed by atoms with Crippen molar-refractivity contribution in [1.29, 1.82) is 0 Å². The molecule has 1 aromatic rings. The maximum atomic E-state index is 8.91. The molecule has 2 heterocycles. The van der Waals surface area contributed by atoms with Crippen molar-refractivity contribution in [3.63, 3.8) is 0 Å². The van der Waals surface area contributed by atoms with Gasteiger partial charge in [-0.15, -0.1) is 0 Å². The summed E-state index contributed by atoms with van der Waals surface area (Å²) >= 11 is 0. The van der Waals surface area contributed by atoms with Gasteiger partial charge in [-0.05, 0) is 6.07 Å². The van der Waals surface area contributed by atoms with Gasteiger partial charge in [0.15, 0.2) is 0 Å². The van der Waals surface area contributed by atoms with E-state index in [9.17, 15) is 0 Å². The lowest BCUT2D eigenvalue weighted by Crippen LogP contribution is -2.04. The fourth-order valence-electron chi connectivity index (χ4n) is 1.28. The van der Waals surface area contributed by atoms with Crippen LogP contribution in [0.4, 0.5) is 0 Å². The van der Waals surface area contributed by atoms with Crippen molar-refractivity contribution in [2.24, 2.45) is 0 Å². The van der Waals surface area contributed by atoms with Crippen LogP contribution >= 0.6 is 0 Å². The number of rotatable bonds is 1. The van der Waals surface area contributed by atoms with Crippen LogP contribution < -0.4 is 4.74 Å². The molecule has 1 N–H and O–H groups in total. The van der Waals surface area contributed by atoms with E-state index in [4.69, 9.17) is 9.84 Å². The molecule has 0 bridgehead atoms. The molecule has 58 valence electrons. The molecule has 0 spiro atoms. The smallest absolute Gasteiger partial charge is 0.141 e. The Morgan fingerprint density at radius 3 is 3.45 bits per heavy atom. The number of nitrogens with zero attached hydrogens (tertiary/aromatic N) is 1. The van der Waals surface area contributed by atoms with Crippen LogP contribution in [0, 0.1) is 0 Å². The van der Waals surface area contributed by atoms with E-state index in [2.05, 4.69) is 4.98 Å². The Kier molecular flexibility index (Phi) is 1.51. The molecule has 1 atom stereocenters. The highest BCUT2D eigenvalue weighted by Crippen LogP contribution is 2.31. The largest absolute Gasteiger partial charge is 0.491 e. The molecule has 0 fully saturated rings. The number of hydrogen-bond acceptors (Lipinski definition) is 3. The van der Waals surface area contributed by atoms with Gasteiger partial charge in [0, 0.05) is 17.7 Å². The van der Waals surface area contributed by atoms with Crippen LogP contribution in [0.2, 0.25) is 0 Å². The third-order valence-electron chi connectivity index (χ3n) is 1.92. The van der Waals surface area contributed by atoms with E-state index in [0.717, 1.165) is 11.3 Å². The van der Waals surface area contributed by atoms with Gasteiger partial charge in [-0.1, -0.05) is 0 Å². The van der Waals surface area contributed by atoms with Crippen molar-refractivity contribution in [3.05, 3.63) is 24.0 Å². The van der Waals surface area contributed by atoms with Gasteiger partial charge in [0.05, 0.1) is 19.4 Å². The molecule has 11 heavy (non-hydrogen) atoms. The predicted molar refractivity (Wildman–Crippen MR) is 39.6 cm³/mol. The lowest BCUT2D eigenvalue weighted by molar-refractivity contribution is 0.232. The number of pyridine rings is 1. The maximum Gasteiger partial charge on any atom is 0.141 e. The zero-order valence-electron chi connectivity index (χ0n) is 6.03. The molecule has 2 rings (SSSR count). The van der Waals surface area contributed by atoms with Crippen molar-refractivity contribution in [1.82, 2.24) is 4.98 Å². The number of aliphatic hydroxyl groups is 1. The quantitative estimate of drug-likeness (QED) is 0.637. The lowest BCUT2D eigenvalue weighted by Gasteiger charge is -2.00. The molecule has 1 aromatic heterocycles. The molecule has 3 heteroatoms. The van der Waals surface area contributed by atoms with Crippen molar-refractivity contribution in [2.75, 3.05) is 13.2 Å². The summed E-state index contributed by atoms with van der Waals surface area (Å²) in [6.45, 7) is 0.731. The Morgan fingerprint density at radius 2 is 2.64 bits per heavy atom. The molecule has 1 aliphatic heterocycles. The first-order chi connectivity index (χ1) is 5.42. The third kappa shape index (κ3) is 0.973. The van der Waals surface area contributed by atoms with Crippen LogP contribution in [0.3, 0.4) is 0 Å². The first-order valence-electron chi connectivity index (χ1n) is 3.59. The first kappa shape index (κ1) is 6.61. The topological polar surface area (TPSA) is 42.4 Å². The molecule has 0 aromatic carbocycles. The van der Waals surface area contributed by atoms with Gasteiger partial charge in [0.25, 0.3) is 0 Å². The lowest BCUT2D eigenvalue weighted by atomic mass is 10.0. The van der Waals surface area contributed by atoms with E-state index in [0.29, 0.717) is 6.61 Å². The molecule has 0 saturated heterocycles. The number of fused-ring (bicyclic) bond motifs is 1. The molecule has 0 aliphatic carbocycles. The Bertz CT molecular complexity index is 262. The van der Waals surface area contributed by atoms with Crippen LogP contribution in [-0.2, 0) is 0 Å². The standard InChI is InChI=1S/C8H9NO2/c10-4-6-5-11-8-3-9-2-1-7(6)8/h1-3,6,10H,4-5H2. The van der Waals surface area contributed by atoms with Crippen molar-refractivity contribution in [2.45, 2.75) is 5.92 Å². The monoisotopic (exact) mass is 151 g/mol. The van der Waals surface area contributed by atoms with E-state index in [-0.39, 0.29) is 12.5 Å². The van der Waals surface area contributed by atoms with Gasteiger partial charge < -0.3 is 9.84 Å². The summed E-state index contributed by atoms with van der Waals surface area (Å²) in [5.41, 5.74) is 1.07. The zero-order chi connectivity index (χ0) is 7.68.